The first-order chi connectivity index (χ1) is 14.6. The highest BCUT2D eigenvalue weighted by Gasteiger charge is 2.15. The zero-order valence-corrected chi connectivity index (χ0v) is 17.7. The van der Waals surface area contributed by atoms with Gasteiger partial charge >= 0.3 is 0 Å². The van der Waals surface area contributed by atoms with Gasteiger partial charge in [0.25, 0.3) is 0 Å². The number of rotatable bonds is 6. The number of hydrogen-bond donors (Lipinski definition) is 2. The van der Waals surface area contributed by atoms with E-state index in [0.717, 1.165) is 48.9 Å². The molecule has 30 heavy (non-hydrogen) atoms. The summed E-state index contributed by atoms with van der Waals surface area (Å²) in [7, 11) is 1.65. The van der Waals surface area contributed by atoms with Crippen molar-refractivity contribution in [3.63, 3.8) is 0 Å². The molecule has 1 aliphatic rings. The number of benzene rings is 2. The lowest BCUT2D eigenvalue weighted by Crippen LogP contribution is -2.36. The lowest BCUT2D eigenvalue weighted by molar-refractivity contribution is 0.122. The van der Waals surface area contributed by atoms with Crippen LogP contribution in [0.3, 0.4) is 0 Å². The Bertz CT molecular complexity index is 1020. The van der Waals surface area contributed by atoms with Gasteiger partial charge in [0.15, 0.2) is 5.82 Å². The van der Waals surface area contributed by atoms with Crippen LogP contribution in [0.15, 0.2) is 48.7 Å². The molecule has 1 aliphatic heterocycles. The predicted molar refractivity (Wildman–Crippen MR) is 121 cm³/mol. The lowest BCUT2D eigenvalue weighted by atomic mass is 10.2. The Kier molecular flexibility index (Phi) is 6.21. The molecule has 4 rings (SSSR count). The molecule has 2 aromatic carbocycles. The summed E-state index contributed by atoms with van der Waals surface area (Å²) in [6.07, 6.45) is 1.58. The van der Waals surface area contributed by atoms with Gasteiger partial charge in [-0.25, -0.2) is 4.98 Å². The summed E-state index contributed by atoms with van der Waals surface area (Å²) >= 11 is 6.31. The van der Waals surface area contributed by atoms with E-state index in [0.29, 0.717) is 22.5 Å². The van der Waals surface area contributed by atoms with E-state index in [4.69, 9.17) is 21.1 Å². The largest absolute Gasteiger partial charge is 0.494 e. The number of methoxy groups -OCH3 is 1. The maximum atomic E-state index is 6.31. The smallest absolute Gasteiger partial charge is 0.229 e. The highest BCUT2D eigenvalue weighted by atomic mass is 35.5. The molecule has 8 heteroatoms. The van der Waals surface area contributed by atoms with Crippen LogP contribution >= 0.6 is 11.6 Å². The van der Waals surface area contributed by atoms with Gasteiger partial charge in [-0.15, -0.1) is 0 Å². The fourth-order valence-corrected chi connectivity index (χ4v) is 3.42. The third kappa shape index (κ3) is 4.58. The number of hydrogen-bond acceptors (Lipinski definition) is 7. The van der Waals surface area contributed by atoms with Crippen LogP contribution in [-0.2, 0) is 4.74 Å². The molecular formula is C22H24ClN5O2. The molecule has 0 radical (unpaired) electrons. The molecule has 2 N–H and O–H groups in total. The molecule has 0 saturated carbocycles. The van der Waals surface area contributed by atoms with Crippen LogP contribution < -0.4 is 20.3 Å². The Morgan fingerprint density at radius 2 is 1.87 bits per heavy atom. The van der Waals surface area contributed by atoms with Crippen molar-refractivity contribution in [2.75, 3.05) is 48.9 Å². The Balaban J connectivity index is 1.56. The first-order valence-electron chi connectivity index (χ1n) is 9.77. The monoisotopic (exact) mass is 425 g/mol. The molecule has 2 heterocycles. The summed E-state index contributed by atoms with van der Waals surface area (Å²) in [6.45, 7) is 5.22. The normalized spacial score (nSPS) is 13.8. The first kappa shape index (κ1) is 20.3. The summed E-state index contributed by atoms with van der Waals surface area (Å²) in [5.41, 5.74) is 3.91. The third-order valence-corrected chi connectivity index (χ3v) is 5.23. The van der Waals surface area contributed by atoms with Gasteiger partial charge in [0.05, 0.1) is 32.2 Å². The Morgan fingerprint density at radius 1 is 1.07 bits per heavy atom. The summed E-state index contributed by atoms with van der Waals surface area (Å²) in [4.78, 5) is 11.1. The molecule has 1 aromatic heterocycles. The second-order valence-electron chi connectivity index (χ2n) is 6.94. The van der Waals surface area contributed by atoms with E-state index in [2.05, 4.69) is 31.6 Å². The van der Waals surface area contributed by atoms with E-state index in [1.807, 2.05) is 43.3 Å². The molecule has 0 atom stereocenters. The van der Waals surface area contributed by atoms with Crippen LogP contribution in [0.2, 0.25) is 5.02 Å². The topological polar surface area (TPSA) is 71.5 Å². The van der Waals surface area contributed by atoms with Crippen molar-refractivity contribution in [3.05, 3.63) is 59.2 Å². The molecule has 0 unspecified atom stereocenters. The number of ether oxygens (including phenoxy) is 2. The van der Waals surface area contributed by atoms with E-state index in [1.54, 1.807) is 13.3 Å². The second-order valence-corrected chi connectivity index (χ2v) is 7.35. The van der Waals surface area contributed by atoms with Crippen molar-refractivity contribution in [2.45, 2.75) is 6.92 Å². The van der Waals surface area contributed by atoms with Gasteiger partial charge in [-0.3, -0.25) is 0 Å². The van der Waals surface area contributed by atoms with Gasteiger partial charge in [-0.05, 0) is 30.7 Å². The molecule has 1 fully saturated rings. The zero-order valence-electron chi connectivity index (χ0n) is 17.0. The number of aromatic nitrogens is 2. The van der Waals surface area contributed by atoms with Crippen LogP contribution in [-0.4, -0.2) is 43.4 Å². The number of aryl methyl sites for hydroxylation is 1. The van der Waals surface area contributed by atoms with Crippen LogP contribution in [0, 0.1) is 6.92 Å². The Hall–Kier alpha value is -3.03. The summed E-state index contributed by atoms with van der Waals surface area (Å²) in [6, 6.07) is 14.0. The minimum Gasteiger partial charge on any atom is -0.494 e. The van der Waals surface area contributed by atoms with Crippen LogP contribution in [0.25, 0.3) is 0 Å². The number of halogens is 1. The minimum atomic E-state index is 0.424. The van der Waals surface area contributed by atoms with E-state index in [9.17, 15) is 0 Å². The number of para-hydroxylation sites is 1. The maximum absolute atomic E-state index is 6.31. The van der Waals surface area contributed by atoms with Gasteiger partial charge in [0.2, 0.25) is 5.95 Å². The number of nitrogens with one attached hydrogen (secondary N) is 2. The molecule has 156 valence electrons. The van der Waals surface area contributed by atoms with Crippen molar-refractivity contribution in [1.29, 1.82) is 0 Å². The quantitative estimate of drug-likeness (QED) is 0.589. The number of morpholine rings is 1. The van der Waals surface area contributed by atoms with Crippen LogP contribution in [0.1, 0.15) is 5.56 Å². The highest BCUT2D eigenvalue weighted by molar-refractivity contribution is 6.32. The van der Waals surface area contributed by atoms with Crippen molar-refractivity contribution >= 4 is 40.4 Å². The van der Waals surface area contributed by atoms with Gasteiger partial charge in [0.1, 0.15) is 10.8 Å². The summed E-state index contributed by atoms with van der Waals surface area (Å²) in [5, 5.41) is 6.95. The zero-order chi connectivity index (χ0) is 20.9. The van der Waals surface area contributed by atoms with E-state index < -0.39 is 0 Å². The lowest BCUT2D eigenvalue weighted by Gasteiger charge is -2.29. The maximum Gasteiger partial charge on any atom is 0.229 e. The molecule has 0 bridgehead atoms. The minimum absolute atomic E-state index is 0.424. The predicted octanol–water partition coefficient (Wildman–Crippen LogP) is 4.77. The van der Waals surface area contributed by atoms with E-state index in [-0.39, 0.29) is 0 Å². The molecule has 0 amide bonds. The molecule has 0 spiro atoms. The Labute approximate surface area is 181 Å². The second kappa shape index (κ2) is 9.19. The molecular weight excluding hydrogens is 402 g/mol. The van der Waals surface area contributed by atoms with Crippen LogP contribution in [0.5, 0.6) is 5.75 Å². The third-order valence-electron chi connectivity index (χ3n) is 4.95. The summed E-state index contributed by atoms with van der Waals surface area (Å²) < 4.78 is 11.0. The standard InChI is InChI=1S/C22H24ClN5O2/c1-15-5-3-4-6-18(15)25-21-17(23)14-24-22(27-21)26-19-8-7-16(13-20(19)29-2)28-9-11-30-12-10-28/h3-8,13-14H,9-12H2,1-2H3,(H2,24,25,26,27). The van der Waals surface area contributed by atoms with Gasteiger partial charge in [0, 0.05) is 30.5 Å². The van der Waals surface area contributed by atoms with Gasteiger partial charge in [-0.1, -0.05) is 29.8 Å². The van der Waals surface area contributed by atoms with Crippen LogP contribution in [0.4, 0.5) is 28.8 Å². The van der Waals surface area contributed by atoms with E-state index in [1.165, 1.54) is 0 Å². The number of nitrogens with zero attached hydrogens (tertiary/aromatic N) is 3. The average Bonchev–Trinajstić information content (AvgIpc) is 2.78. The fourth-order valence-electron chi connectivity index (χ4n) is 3.28. The molecule has 0 aliphatic carbocycles. The summed E-state index contributed by atoms with van der Waals surface area (Å²) in [5.74, 6) is 1.67. The number of anilines is 5. The molecule has 7 nitrogen and oxygen atoms in total. The average molecular weight is 426 g/mol. The van der Waals surface area contributed by atoms with Gasteiger partial charge < -0.3 is 25.0 Å². The van der Waals surface area contributed by atoms with Crippen molar-refractivity contribution in [3.8, 4) is 5.75 Å². The fraction of sp³-hybridized carbons (Fsp3) is 0.273. The van der Waals surface area contributed by atoms with E-state index >= 15 is 0 Å². The first-order valence-corrected chi connectivity index (χ1v) is 10.1. The highest BCUT2D eigenvalue weighted by Crippen LogP contribution is 2.33. The van der Waals surface area contributed by atoms with Crippen molar-refractivity contribution in [2.24, 2.45) is 0 Å². The van der Waals surface area contributed by atoms with Gasteiger partial charge in [-0.2, -0.15) is 4.98 Å². The molecule has 3 aromatic rings. The SMILES string of the molecule is COc1cc(N2CCOCC2)ccc1Nc1ncc(Cl)c(Nc2ccccc2C)n1. The molecule has 1 saturated heterocycles. The van der Waals surface area contributed by atoms with Crippen molar-refractivity contribution in [1.82, 2.24) is 9.97 Å². The Morgan fingerprint density at radius 3 is 2.63 bits per heavy atom. The van der Waals surface area contributed by atoms with Crippen molar-refractivity contribution < 1.29 is 9.47 Å².